The van der Waals surface area contributed by atoms with Crippen LogP contribution >= 0.6 is 0 Å². The van der Waals surface area contributed by atoms with Gasteiger partial charge in [-0.25, -0.2) is 0 Å². The first-order valence-electron chi connectivity index (χ1n) is 3.62. The van der Waals surface area contributed by atoms with E-state index in [1.165, 1.54) is 19.3 Å². The van der Waals surface area contributed by atoms with E-state index in [9.17, 15) is 0 Å². The molecule has 0 aromatic heterocycles. The molecule has 0 aliphatic heterocycles. The molecule has 0 heterocycles. The minimum Gasteiger partial charge on any atom is -0.104 e. The molecule has 3 atom stereocenters. The lowest BCUT2D eigenvalue weighted by Crippen LogP contribution is -2.02. The lowest BCUT2D eigenvalue weighted by Gasteiger charge is -2.16. The Kier molecular flexibility index (Phi) is 1.17. The van der Waals surface area contributed by atoms with Gasteiger partial charge in [-0.05, 0) is 12.3 Å². The summed E-state index contributed by atoms with van der Waals surface area (Å²) in [7, 11) is 0. The summed E-state index contributed by atoms with van der Waals surface area (Å²) in [6, 6.07) is 0. The van der Waals surface area contributed by atoms with Crippen molar-refractivity contribution in [1.29, 1.82) is 0 Å². The summed E-state index contributed by atoms with van der Waals surface area (Å²) >= 11 is 2.99. The average molecular weight is 122 g/mol. The lowest BCUT2D eigenvalue weighted by molar-refractivity contribution is 0.480. The Morgan fingerprint density at radius 3 is 2.25 bits per heavy atom. The standard InChI is InChI=1S/C7H11.Al/c1-2-7-4-3-6(1)5-7;/h1,6-7H,2-5H2;. The third-order valence-corrected chi connectivity index (χ3v) is 3.61. The maximum Gasteiger partial charge on any atom is 0.124 e. The molecule has 3 unspecified atom stereocenters. The van der Waals surface area contributed by atoms with Gasteiger partial charge in [-0.2, -0.15) is 0 Å². The van der Waals surface area contributed by atoms with Crippen LogP contribution in [0.4, 0.5) is 0 Å². The Bertz CT molecular complexity index is 98.6. The largest absolute Gasteiger partial charge is 0.124 e. The van der Waals surface area contributed by atoms with Crippen molar-refractivity contribution in [2.45, 2.75) is 30.5 Å². The summed E-state index contributed by atoms with van der Waals surface area (Å²) in [5.74, 6) is 2.23. The molecule has 1 heteroatoms. The van der Waals surface area contributed by atoms with Gasteiger partial charge < -0.3 is 0 Å². The molecule has 0 aromatic carbocycles. The molecule has 2 bridgehead atoms. The minimum atomic E-state index is 0.994. The smallest absolute Gasteiger partial charge is 0.104 e. The van der Waals surface area contributed by atoms with Gasteiger partial charge in [-0.15, -0.1) is 4.78 Å². The highest BCUT2D eigenvalue weighted by atomic mass is 27.0. The molecule has 0 nitrogen and oxygen atoms in total. The van der Waals surface area contributed by atoms with Crippen LogP contribution in [0.3, 0.4) is 0 Å². The SMILES string of the molecule is [Al][CH]1CC2CCC1C2. The fraction of sp³-hybridized carbons (Fsp3) is 1.00. The van der Waals surface area contributed by atoms with Crippen molar-refractivity contribution < 1.29 is 0 Å². The van der Waals surface area contributed by atoms with Crippen LogP contribution in [0, 0.1) is 11.8 Å². The zero-order valence-corrected chi connectivity index (χ0v) is 6.29. The molecule has 0 N–H and O–H groups in total. The summed E-state index contributed by atoms with van der Waals surface area (Å²) in [6.45, 7) is 0. The molecule has 2 aliphatic carbocycles. The molecule has 2 fully saturated rings. The maximum atomic E-state index is 2.99. The van der Waals surface area contributed by atoms with Crippen LogP contribution in [0.1, 0.15) is 25.7 Å². The van der Waals surface area contributed by atoms with Crippen molar-refractivity contribution in [3.8, 4) is 0 Å². The Morgan fingerprint density at radius 2 is 2.00 bits per heavy atom. The summed E-state index contributed by atoms with van der Waals surface area (Å²) in [5.41, 5.74) is 0. The zero-order chi connectivity index (χ0) is 5.56. The molecule has 2 radical (unpaired) electrons. The summed E-state index contributed by atoms with van der Waals surface area (Å²) in [5, 5.41) is 0. The van der Waals surface area contributed by atoms with E-state index in [1.807, 2.05) is 0 Å². The van der Waals surface area contributed by atoms with Gasteiger partial charge in [0.2, 0.25) is 0 Å². The van der Waals surface area contributed by atoms with Crippen molar-refractivity contribution in [2.24, 2.45) is 11.8 Å². The molecule has 0 aromatic rings. The van der Waals surface area contributed by atoms with E-state index >= 15 is 0 Å². The molecular formula is C7H11Al. The minimum absolute atomic E-state index is 0.994. The van der Waals surface area contributed by atoms with Crippen LogP contribution < -0.4 is 0 Å². The second-order valence-corrected chi connectivity index (χ2v) is 4.20. The third-order valence-electron chi connectivity index (χ3n) is 2.79. The first-order valence-corrected chi connectivity index (χ1v) is 4.28. The number of hydrogen-bond acceptors (Lipinski definition) is 0. The average Bonchev–Trinajstić information content (AvgIpc) is 2.23. The first-order chi connectivity index (χ1) is 3.86. The van der Waals surface area contributed by atoms with Crippen LogP contribution in [0.25, 0.3) is 0 Å². The molecule has 42 valence electrons. The van der Waals surface area contributed by atoms with E-state index in [1.54, 1.807) is 6.42 Å². The predicted molar refractivity (Wildman–Crippen MR) is 35.0 cm³/mol. The van der Waals surface area contributed by atoms with Crippen molar-refractivity contribution in [3.05, 3.63) is 0 Å². The van der Waals surface area contributed by atoms with E-state index in [0.717, 1.165) is 16.6 Å². The maximum absolute atomic E-state index is 2.99. The van der Waals surface area contributed by atoms with E-state index in [4.69, 9.17) is 0 Å². The molecule has 8 heavy (non-hydrogen) atoms. The highest BCUT2D eigenvalue weighted by molar-refractivity contribution is 6.12. The van der Waals surface area contributed by atoms with Crippen molar-refractivity contribution >= 4 is 16.3 Å². The van der Waals surface area contributed by atoms with Gasteiger partial charge in [-0.3, -0.25) is 0 Å². The fourth-order valence-electron chi connectivity index (χ4n) is 2.29. The Morgan fingerprint density at radius 1 is 1.12 bits per heavy atom. The highest BCUT2D eigenvalue weighted by Crippen LogP contribution is 2.49. The third kappa shape index (κ3) is 0.650. The van der Waals surface area contributed by atoms with Crippen LogP contribution in [-0.2, 0) is 0 Å². The fourth-order valence-corrected chi connectivity index (χ4v) is 3.03. The van der Waals surface area contributed by atoms with Crippen LogP contribution in [0.2, 0.25) is 4.78 Å². The molecule has 2 aliphatic rings. The first kappa shape index (κ1) is 5.33. The summed E-state index contributed by atoms with van der Waals surface area (Å²) in [6.07, 6.45) is 6.12. The molecule has 0 spiro atoms. The summed E-state index contributed by atoms with van der Waals surface area (Å²) < 4.78 is 0.994. The van der Waals surface area contributed by atoms with Crippen LogP contribution in [-0.4, -0.2) is 16.3 Å². The molecule has 0 saturated heterocycles. The van der Waals surface area contributed by atoms with Crippen molar-refractivity contribution in [1.82, 2.24) is 0 Å². The Labute approximate surface area is 59.1 Å². The van der Waals surface area contributed by atoms with Crippen molar-refractivity contribution in [3.63, 3.8) is 0 Å². The van der Waals surface area contributed by atoms with Crippen LogP contribution in [0.15, 0.2) is 0 Å². The van der Waals surface area contributed by atoms with Gasteiger partial charge in [0.1, 0.15) is 16.3 Å². The number of rotatable bonds is 0. The second kappa shape index (κ2) is 1.76. The van der Waals surface area contributed by atoms with Crippen LogP contribution in [0.5, 0.6) is 0 Å². The van der Waals surface area contributed by atoms with Crippen molar-refractivity contribution in [2.75, 3.05) is 0 Å². The highest BCUT2D eigenvalue weighted by Gasteiger charge is 2.35. The summed E-state index contributed by atoms with van der Waals surface area (Å²) in [4.78, 5) is 0. The van der Waals surface area contributed by atoms with Gasteiger partial charge in [0.15, 0.2) is 0 Å². The zero-order valence-electron chi connectivity index (χ0n) is 5.14. The number of hydrogen-bond donors (Lipinski definition) is 0. The van der Waals surface area contributed by atoms with Gasteiger partial charge >= 0.3 is 0 Å². The second-order valence-electron chi connectivity index (χ2n) is 3.34. The van der Waals surface area contributed by atoms with Gasteiger partial charge in [-0.1, -0.05) is 25.2 Å². The Balaban J connectivity index is 2.11. The molecule has 2 rings (SSSR count). The van der Waals surface area contributed by atoms with E-state index in [0.29, 0.717) is 0 Å². The van der Waals surface area contributed by atoms with Gasteiger partial charge in [0.05, 0.1) is 0 Å². The monoisotopic (exact) mass is 122 g/mol. The van der Waals surface area contributed by atoms with E-state index < -0.39 is 0 Å². The predicted octanol–water partition coefficient (Wildman–Crippen LogP) is 1.76. The van der Waals surface area contributed by atoms with E-state index in [2.05, 4.69) is 16.3 Å². The topological polar surface area (TPSA) is 0 Å². The molecule has 0 amide bonds. The Hall–Kier alpha value is 0.532. The van der Waals surface area contributed by atoms with Gasteiger partial charge in [0.25, 0.3) is 0 Å². The quantitative estimate of drug-likeness (QED) is 0.429. The van der Waals surface area contributed by atoms with E-state index in [-0.39, 0.29) is 0 Å². The number of fused-ring (bicyclic) bond motifs is 2. The van der Waals surface area contributed by atoms with Gasteiger partial charge in [0, 0.05) is 0 Å². The molecular weight excluding hydrogens is 111 g/mol. The molecule has 2 saturated carbocycles. The lowest BCUT2D eigenvalue weighted by atomic mass is 10.0. The normalized spacial score (nSPS) is 52.8.